The number of aromatic nitrogens is 2. The SMILES string of the molecule is CC(C)CCn1nc(-c2cccs2)c(O)c(C2=Nc3ccc(NS(C)(=O)=O)cc3S(=O)(=O)N2)c1=O. The maximum Gasteiger partial charge on any atom is 0.281 e. The number of hydrogen-bond donors (Lipinski definition) is 3. The van der Waals surface area contributed by atoms with Crippen LogP contribution in [-0.4, -0.2) is 43.8 Å². The lowest BCUT2D eigenvalue weighted by atomic mass is 10.1. The maximum atomic E-state index is 13.3. The van der Waals surface area contributed by atoms with E-state index >= 15 is 0 Å². The molecule has 0 fully saturated rings. The van der Waals surface area contributed by atoms with Crippen molar-refractivity contribution >= 4 is 48.6 Å². The van der Waals surface area contributed by atoms with Crippen molar-refractivity contribution in [2.75, 3.05) is 11.0 Å². The molecule has 2 aromatic heterocycles. The third-order valence-corrected chi connectivity index (χ3v) is 7.91. The molecular weight excluding hydrogens is 514 g/mol. The highest BCUT2D eigenvalue weighted by atomic mass is 32.2. The number of aromatic hydroxyl groups is 1. The van der Waals surface area contributed by atoms with Gasteiger partial charge in [-0.3, -0.25) is 14.2 Å². The Labute approximate surface area is 206 Å². The molecule has 0 spiro atoms. The number of fused-ring (bicyclic) bond motifs is 1. The first kappa shape index (κ1) is 24.9. The largest absolute Gasteiger partial charge is 0.505 e. The first-order valence-electron chi connectivity index (χ1n) is 10.5. The van der Waals surface area contributed by atoms with Crippen molar-refractivity contribution in [1.29, 1.82) is 0 Å². The second kappa shape index (κ2) is 9.09. The summed E-state index contributed by atoms with van der Waals surface area (Å²) in [6.45, 7) is 4.25. The smallest absolute Gasteiger partial charge is 0.281 e. The Morgan fingerprint density at radius 2 is 2.00 bits per heavy atom. The maximum absolute atomic E-state index is 13.3. The van der Waals surface area contributed by atoms with Gasteiger partial charge in [0.25, 0.3) is 15.6 Å². The van der Waals surface area contributed by atoms with Gasteiger partial charge in [-0.2, -0.15) is 5.10 Å². The van der Waals surface area contributed by atoms with Crippen molar-refractivity contribution in [3.8, 4) is 16.3 Å². The lowest BCUT2D eigenvalue weighted by molar-refractivity contribution is 0.444. The second-order valence-corrected chi connectivity index (χ2v) is 12.7. The molecule has 3 heterocycles. The molecule has 4 rings (SSSR count). The fourth-order valence-electron chi connectivity index (χ4n) is 3.42. The van der Waals surface area contributed by atoms with Crippen LogP contribution in [0.5, 0.6) is 5.75 Å². The number of nitrogens with zero attached hydrogens (tertiary/aromatic N) is 3. The van der Waals surface area contributed by atoms with Gasteiger partial charge in [-0.25, -0.2) is 26.5 Å². The van der Waals surface area contributed by atoms with Crippen molar-refractivity contribution in [1.82, 2.24) is 14.5 Å². The average molecular weight is 538 g/mol. The molecule has 186 valence electrons. The van der Waals surface area contributed by atoms with Crippen molar-refractivity contribution in [2.45, 2.75) is 31.7 Å². The number of sulfonamides is 2. The molecule has 3 aromatic rings. The van der Waals surface area contributed by atoms with E-state index in [0.29, 0.717) is 11.3 Å². The number of anilines is 1. The van der Waals surface area contributed by atoms with Crippen LogP contribution >= 0.6 is 11.3 Å². The predicted molar refractivity (Wildman–Crippen MR) is 134 cm³/mol. The van der Waals surface area contributed by atoms with Crippen LogP contribution in [0.3, 0.4) is 0 Å². The van der Waals surface area contributed by atoms with Gasteiger partial charge in [0.15, 0.2) is 11.6 Å². The molecule has 0 saturated carbocycles. The third kappa shape index (κ3) is 5.23. The fourth-order valence-corrected chi connectivity index (χ4v) is 5.87. The van der Waals surface area contributed by atoms with Gasteiger partial charge in [0.1, 0.15) is 16.2 Å². The molecule has 0 aliphatic carbocycles. The summed E-state index contributed by atoms with van der Waals surface area (Å²) in [7, 11) is -7.88. The van der Waals surface area contributed by atoms with Crippen LogP contribution in [0.1, 0.15) is 25.8 Å². The van der Waals surface area contributed by atoms with E-state index in [1.807, 2.05) is 13.8 Å². The summed E-state index contributed by atoms with van der Waals surface area (Å²) in [4.78, 5) is 17.9. The molecular formula is C21H23N5O6S3. The minimum absolute atomic E-state index is 0.0141. The molecule has 1 aromatic carbocycles. The van der Waals surface area contributed by atoms with Gasteiger partial charge >= 0.3 is 0 Å². The van der Waals surface area contributed by atoms with Crippen molar-refractivity contribution in [2.24, 2.45) is 10.9 Å². The molecule has 0 saturated heterocycles. The van der Waals surface area contributed by atoms with Gasteiger partial charge in [0.05, 0.1) is 16.8 Å². The molecule has 1 aliphatic rings. The van der Waals surface area contributed by atoms with Gasteiger partial charge in [-0.15, -0.1) is 11.3 Å². The van der Waals surface area contributed by atoms with E-state index in [-0.39, 0.29) is 45.8 Å². The Bertz CT molecular complexity index is 1590. The monoisotopic (exact) mass is 537 g/mol. The Kier molecular flexibility index (Phi) is 6.46. The van der Waals surface area contributed by atoms with Crippen molar-refractivity contribution in [3.05, 3.63) is 51.6 Å². The van der Waals surface area contributed by atoms with Gasteiger partial charge in [-0.05, 0) is 42.0 Å². The summed E-state index contributed by atoms with van der Waals surface area (Å²) in [5, 5.41) is 17.1. The van der Waals surface area contributed by atoms with E-state index in [1.54, 1.807) is 17.5 Å². The van der Waals surface area contributed by atoms with E-state index < -0.39 is 31.4 Å². The summed E-state index contributed by atoms with van der Waals surface area (Å²) in [5.41, 5.74) is -0.847. The van der Waals surface area contributed by atoms with Gasteiger partial charge < -0.3 is 5.11 Å². The van der Waals surface area contributed by atoms with Crippen LogP contribution in [0.15, 0.2) is 50.4 Å². The molecule has 0 atom stereocenters. The molecule has 0 unspecified atom stereocenters. The quantitative estimate of drug-likeness (QED) is 0.417. The van der Waals surface area contributed by atoms with Gasteiger partial charge in [-0.1, -0.05) is 19.9 Å². The molecule has 14 heteroatoms. The van der Waals surface area contributed by atoms with E-state index in [9.17, 15) is 26.7 Å². The number of thiophene rings is 1. The number of rotatable bonds is 7. The molecule has 35 heavy (non-hydrogen) atoms. The Morgan fingerprint density at radius 3 is 2.63 bits per heavy atom. The topological polar surface area (TPSA) is 160 Å². The number of aliphatic imine (C=N–C) groups is 1. The van der Waals surface area contributed by atoms with Gasteiger partial charge in [0, 0.05) is 12.2 Å². The first-order chi connectivity index (χ1) is 16.4. The van der Waals surface area contributed by atoms with Crippen LogP contribution in [-0.2, 0) is 26.6 Å². The van der Waals surface area contributed by atoms with Crippen LogP contribution in [0.25, 0.3) is 10.6 Å². The van der Waals surface area contributed by atoms with Crippen molar-refractivity contribution in [3.63, 3.8) is 0 Å². The zero-order valence-corrected chi connectivity index (χ0v) is 21.5. The van der Waals surface area contributed by atoms with Gasteiger partial charge in [0.2, 0.25) is 10.0 Å². The Morgan fingerprint density at radius 1 is 1.26 bits per heavy atom. The number of aryl methyl sites for hydroxylation is 1. The predicted octanol–water partition coefficient (Wildman–Crippen LogP) is 2.47. The average Bonchev–Trinajstić information content (AvgIpc) is 3.27. The summed E-state index contributed by atoms with van der Waals surface area (Å²) in [6.07, 6.45) is 1.58. The fraction of sp³-hybridized carbons (Fsp3) is 0.286. The highest BCUT2D eigenvalue weighted by Crippen LogP contribution is 2.35. The minimum atomic E-state index is -4.25. The van der Waals surface area contributed by atoms with E-state index in [2.05, 4.69) is 19.5 Å². The number of benzene rings is 1. The van der Waals surface area contributed by atoms with Crippen molar-refractivity contribution < 1.29 is 21.9 Å². The molecule has 0 radical (unpaired) electrons. The highest BCUT2D eigenvalue weighted by Gasteiger charge is 2.31. The first-order valence-corrected chi connectivity index (χ1v) is 14.7. The number of amidine groups is 1. The summed E-state index contributed by atoms with van der Waals surface area (Å²) < 4.78 is 54.8. The molecule has 1 aliphatic heterocycles. The van der Waals surface area contributed by atoms with Crippen LogP contribution in [0.2, 0.25) is 0 Å². The van der Waals surface area contributed by atoms with E-state index in [4.69, 9.17) is 0 Å². The minimum Gasteiger partial charge on any atom is -0.505 e. The van der Waals surface area contributed by atoms with Crippen LogP contribution in [0.4, 0.5) is 11.4 Å². The summed E-state index contributed by atoms with van der Waals surface area (Å²) >= 11 is 1.31. The lowest BCUT2D eigenvalue weighted by Gasteiger charge is -2.20. The summed E-state index contributed by atoms with van der Waals surface area (Å²) in [6, 6.07) is 7.29. The number of nitrogens with one attached hydrogen (secondary N) is 2. The molecule has 0 bridgehead atoms. The summed E-state index contributed by atoms with van der Waals surface area (Å²) in [5.74, 6) is -0.556. The van der Waals surface area contributed by atoms with E-state index in [0.717, 1.165) is 12.3 Å². The molecule has 11 nitrogen and oxygen atoms in total. The Hall–Kier alpha value is -3.23. The zero-order chi connectivity index (χ0) is 25.5. The van der Waals surface area contributed by atoms with E-state index in [1.165, 1.54) is 28.2 Å². The highest BCUT2D eigenvalue weighted by molar-refractivity contribution is 7.92. The second-order valence-electron chi connectivity index (χ2n) is 8.38. The standard InChI is InChI=1S/C21H23N5O6S3/c1-12(2)8-9-26-21(28)17(19(27)18(23-26)15-5-4-10-33-15)20-22-14-7-6-13(24-34(3,29)30)11-16(14)35(31,32)25-20/h4-7,10-12,24,27H,8-9H2,1-3H3,(H,22,25). The zero-order valence-electron chi connectivity index (χ0n) is 19.0. The van der Waals surface area contributed by atoms with Crippen LogP contribution in [0, 0.1) is 5.92 Å². The molecule has 0 amide bonds. The lowest BCUT2D eigenvalue weighted by Crippen LogP contribution is -2.39. The molecule has 3 N–H and O–H groups in total. The Balaban J connectivity index is 1.90. The normalized spacial score (nSPS) is 14.8. The van der Waals surface area contributed by atoms with Crippen LogP contribution < -0.4 is 15.0 Å². The third-order valence-electron chi connectivity index (χ3n) is 5.06. The number of hydrogen-bond acceptors (Lipinski definition) is 9.